The van der Waals surface area contributed by atoms with E-state index in [1.54, 1.807) is 0 Å². The molecule has 1 amide bonds. The van der Waals surface area contributed by atoms with Crippen molar-refractivity contribution in [3.8, 4) is 17.2 Å². The average Bonchev–Trinajstić information content (AvgIpc) is 2.75. The number of benzene rings is 2. The van der Waals surface area contributed by atoms with Gasteiger partial charge in [0.15, 0.2) is 0 Å². The third-order valence-corrected chi connectivity index (χ3v) is 4.84. The highest BCUT2D eigenvalue weighted by molar-refractivity contribution is 5.94. The molecular formula is C21H22F3NO7. The van der Waals surface area contributed by atoms with E-state index in [-0.39, 0.29) is 23.6 Å². The first-order valence-corrected chi connectivity index (χ1v) is 9.63. The summed E-state index contributed by atoms with van der Waals surface area (Å²) in [4.78, 5) is 11.6. The van der Waals surface area contributed by atoms with Crippen molar-refractivity contribution in [3.05, 3.63) is 53.6 Å². The van der Waals surface area contributed by atoms with Crippen LogP contribution >= 0.6 is 0 Å². The lowest BCUT2D eigenvalue weighted by Gasteiger charge is -2.37. The van der Waals surface area contributed by atoms with E-state index >= 15 is 0 Å². The van der Waals surface area contributed by atoms with Crippen molar-refractivity contribution >= 4 is 5.91 Å². The van der Waals surface area contributed by atoms with Gasteiger partial charge in [0.1, 0.15) is 29.5 Å². The minimum absolute atomic E-state index is 0.0858. The topological polar surface area (TPSA) is 117 Å². The number of carbonyl (C=O) groups excluding carboxylic acids is 1. The lowest BCUT2D eigenvalue weighted by Crippen LogP contribution is -2.44. The fraction of sp³-hybridized carbons (Fsp3) is 0.381. The summed E-state index contributed by atoms with van der Waals surface area (Å²) in [6, 6.07) is 9.44. The number of amides is 1. The molecule has 0 spiro atoms. The highest BCUT2D eigenvalue weighted by atomic mass is 19.4. The monoisotopic (exact) mass is 457 g/mol. The Bertz CT molecular complexity index is 936. The first-order chi connectivity index (χ1) is 15.1. The molecule has 1 heterocycles. The molecule has 11 heteroatoms. The van der Waals surface area contributed by atoms with Gasteiger partial charge in [-0.3, -0.25) is 4.79 Å². The molecule has 1 saturated heterocycles. The molecule has 1 aliphatic heterocycles. The lowest BCUT2D eigenvalue weighted by atomic mass is 9.92. The number of ether oxygens (including phenoxy) is 3. The van der Waals surface area contributed by atoms with E-state index in [1.807, 2.05) is 0 Å². The van der Waals surface area contributed by atoms with E-state index in [0.717, 1.165) is 6.07 Å². The SMILES string of the molecule is CNC(=O)c1ccc(Oc2ccc(OC(F)(F)F)c([C@H]3O[C@H](CO)C[C@H](O)[C@@H]3O)c2)cc1. The smallest absolute Gasteiger partial charge is 0.457 e. The third kappa shape index (κ3) is 5.68. The number of alkyl halides is 3. The van der Waals surface area contributed by atoms with Gasteiger partial charge in [-0.05, 0) is 42.5 Å². The van der Waals surface area contributed by atoms with Gasteiger partial charge >= 0.3 is 6.36 Å². The largest absolute Gasteiger partial charge is 0.573 e. The van der Waals surface area contributed by atoms with Crippen LogP contribution in [0.15, 0.2) is 42.5 Å². The van der Waals surface area contributed by atoms with Crippen molar-refractivity contribution in [2.75, 3.05) is 13.7 Å². The summed E-state index contributed by atoms with van der Waals surface area (Å²) in [5.41, 5.74) is 0.170. The van der Waals surface area contributed by atoms with Crippen LogP contribution in [0, 0.1) is 0 Å². The van der Waals surface area contributed by atoms with Crippen LogP contribution in [-0.2, 0) is 4.74 Å². The predicted octanol–water partition coefficient (Wildman–Crippen LogP) is 2.28. The quantitative estimate of drug-likeness (QED) is 0.526. The normalized spacial score (nSPS) is 23.5. The van der Waals surface area contributed by atoms with Crippen LogP contribution < -0.4 is 14.8 Å². The molecule has 2 aromatic rings. The van der Waals surface area contributed by atoms with Crippen LogP contribution in [0.3, 0.4) is 0 Å². The molecule has 174 valence electrons. The van der Waals surface area contributed by atoms with Gasteiger partial charge in [-0.25, -0.2) is 0 Å². The highest BCUT2D eigenvalue weighted by Gasteiger charge is 2.41. The van der Waals surface area contributed by atoms with Crippen LogP contribution in [0.4, 0.5) is 13.2 Å². The fourth-order valence-corrected chi connectivity index (χ4v) is 3.31. The minimum atomic E-state index is -5.01. The van der Waals surface area contributed by atoms with E-state index < -0.39 is 43.1 Å². The predicted molar refractivity (Wildman–Crippen MR) is 104 cm³/mol. The molecule has 0 unspecified atom stereocenters. The number of hydrogen-bond donors (Lipinski definition) is 4. The number of hydrogen-bond acceptors (Lipinski definition) is 7. The summed E-state index contributed by atoms with van der Waals surface area (Å²) >= 11 is 0. The van der Waals surface area contributed by atoms with E-state index in [9.17, 15) is 33.3 Å². The number of halogens is 3. The van der Waals surface area contributed by atoms with Gasteiger partial charge in [0.2, 0.25) is 0 Å². The van der Waals surface area contributed by atoms with Gasteiger partial charge in [0.25, 0.3) is 5.91 Å². The van der Waals surface area contributed by atoms with Crippen molar-refractivity contribution in [3.63, 3.8) is 0 Å². The zero-order valence-electron chi connectivity index (χ0n) is 16.9. The molecule has 0 saturated carbocycles. The van der Waals surface area contributed by atoms with Crippen LogP contribution in [0.25, 0.3) is 0 Å². The Labute approximate surface area is 181 Å². The van der Waals surface area contributed by atoms with Crippen LogP contribution in [0.5, 0.6) is 17.2 Å². The molecule has 0 radical (unpaired) electrons. The molecule has 0 bridgehead atoms. The molecule has 3 rings (SSSR count). The molecular weight excluding hydrogens is 435 g/mol. The van der Waals surface area contributed by atoms with Crippen LogP contribution in [0.1, 0.15) is 28.4 Å². The first-order valence-electron chi connectivity index (χ1n) is 9.63. The third-order valence-electron chi connectivity index (χ3n) is 4.84. The summed E-state index contributed by atoms with van der Waals surface area (Å²) in [7, 11) is 1.49. The summed E-state index contributed by atoms with van der Waals surface area (Å²) < 4.78 is 54.0. The highest BCUT2D eigenvalue weighted by Crippen LogP contribution is 2.41. The molecule has 4 N–H and O–H groups in total. The van der Waals surface area contributed by atoms with E-state index in [4.69, 9.17) is 9.47 Å². The van der Waals surface area contributed by atoms with E-state index in [2.05, 4.69) is 10.1 Å². The van der Waals surface area contributed by atoms with Crippen molar-refractivity contribution in [2.45, 2.75) is 37.2 Å². The summed E-state index contributed by atoms with van der Waals surface area (Å²) in [6.45, 7) is -0.496. The van der Waals surface area contributed by atoms with Crippen molar-refractivity contribution < 1.29 is 47.5 Å². The Morgan fingerprint density at radius 1 is 1.16 bits per heavy atom. The standard InChI is InChI=1S/C21H22F3NO7/c1-25-20(29)11-2-4-12(5-3-11)30-13-6-7-17(32-21(22,23)24)15(8-13)19-18(28)16(27)9-14(10-26)31-19/h2-8,14,16,18-19,26-28H,9-10H2,1H3,(H,25,29)/t14-,16-,18-,19+/m0/s1. The molecule has 0 aliphatic carbocycles. The van der Waals surface area contributed by atoms with Crippen molar-refractivity contribution in [1.29, 1.82) is 0 Å². The Kier molecular flexibility index (Phi) is 7.24. The molecule has 2 aromatic carbocycles. The fourth-order valence-electron chi connectivity index (χ4n) is 3.31. The number of aliphatic hydroxyl groups is 3. The Hall–Kier alpha value is -2.86. The number of carbonyl (C=O) groups is 1. The maximum absolute atomic E-state index is 12.9. The molecule has 4 atom stereocenters. The Balaban J connectivity index is 1.93. The zero-order valence-corrected chi connectivity index (χ0v) is 16.9. The van der Waals surface area contributed by atoms with E-state index in [1.165, 1.54) is 43.4 Å². The van der Waals surface area contributed by atoms with Crippen molar-refractivity contribution in [1.82, 2.24) is 5.32 Å². The van der Waals surface area contributed by atoms with Gasteiger partial charge < -0.3 is 34.8 Å². The van der Waals surface area contributed by atoms with Gasteiger partial charge in [-0.1, -0.05) is 0 Å². The van der Waals surface area contributed by atoms with Crippen LogP contribution in [0.2, 0.25) is 0 Å². The van der Waals surface area contributed by atoms with Gasteiger partial charge in [-0.15, -0.1) is 13.2 Å². The minimum Gasteiger partial charge on any atom is -0.457 e. The second kappa shape index (κ2) is 9.74. The molecule has 1 fully saturated rings. The van der Waals surface area contributed by atoms with Crippen molar-refractivity contribution in [2.24, 2.45) is 0 Å². The van der Waals surface area contributed by atoms with Gasteiger partial charge in [-0.2, -0.15) is 0 Å². The second-order valence-electron chi connectivity index (χ2n) is 7.11. The molecule has 1 aliphatic rings. The summed E-state index contributed by atoms with van der Waals surface area (Å²) in [6.07, 6.45) is -10.3. The second-order valence-corrected chi connectivity index (χ2v) is 7.11. The number of nitrogens with one attached hydrogen (secondary N) is 1. The van der Waals surface area contributed by atoms with Gasteiger partial charge in [0.05, 0.1) is 18.8 Å². The first kappa shape index (κ1) is 23.8. The molecule has 0 aromatic heterocycles. The summed E-state index contributed by atoms with van der Waals surface area (Å²) in [5, 5.41) is 32.2. The lowest BCUT2D eigenvalue weighted by molar-refractivity contribution is -0.275. The maximum Gasteiger partial charge on any atom is 0.573 e. The van der Waals surface area contributed by atoms with Crippen LogP contribution in [-0.4, -0.2) is 59.6 Å². The molecule has 8 nitrogen and oxygen atoms in total. The Morgan fingerprint density at radius 3 is 2.41 bits per heavy atom. The van der Waals surface area contributed by atoms with Gasteiger partial charge in [0, 0.05) is 24.6 Å². The zero-order chi connectivity index (χ0) is 23.5. The number of rotatable bonds is 6. The molecule has 32 heavy (non-hydrogen) atoms. The summed E-state index contributed by atoms with van der Waals surface area (Å²) in [5.74, 6) is -0.548. The van der Waals surface area contributed by atoms with E-state index in [0.29, 0.717) is 11.3 Å². The Morgan fingerprint density at radius 2 is 1.81 bits per heavy atom. The average molecular weight is 457 g/mol. The maximum atomic E-state index is 12.9. The number of aliphatic hydroxyl groups excluding tert-OH is 3.